The average molecular weight is 493 g/mol. The minimum Gasteiger partial charge on any atom is -0.497 e. The zero-order valence-electron chi connectivity index (χ0n) is 18.5. The van der Waals surface area contributed by atoms with Crippen LogP contribution in [0, 0.1) is 0 Å². The first kappa shape index (κ1) is 24.5. The number of benzene rings is 1. The summed E-state index contributed by atoms with van der Waals surface area (Å²) in [6.07, 6.45) is 1.80. The first-order chi connectivity index (χ1) is 15.9. The molecule has 2 aliphatic rings. The van der Waals surface area contributed by atoms with Gasteiger partial charge in [-0.05, 0) is 44.4 Å². The third-order valence-electron chi connectivity index (χ3n) is 4.38. The molecule has 0 unspecified atom stereocenters. The minimum atomic E-state index is -0.822. The summed E-state index contributed by atoms with van der Waals surface area (Å²) in [5, 5.41) is 3.36. The van der Waals surface area contributed by atoms with Crippen LogP contribution in [0.3, 0.4) is 0 Å². The van der Waals surface area contributed by atoms with E-state index >= 15 is 0 Å². The first-order valence-electron chi connectivity index (χ1n) is 9.96. The molecule has 0 radical (unpaired) electrons. The molecule has 0 fully saturated rings. The smallest absolute Gasteiger partial charge is 0.343 e. The summed E-state index contributed by atoms with van der Waals surface area (Å²) in [7, 11) is 1.57. The largest absolute Gasteiger partial charge is 0.497 e. The van der Waals surface area contributed by atoms with E-state index < -0.39 is 17.3 Å². The topological polar surface area (TPSA) is 134 Å². The Morgan fingerprint density at radius 2 is 1.91 bits per heavy atom. The Morgan fingerprint density at radius 3 is 2.52 bits per heavy atom. The van der Waals surface area contributed by atoms with Crippen LogP contribution in [0.4, 0.5) is 0 Å². The number of thioether (sulfide) groups is 2. The van der Waals surface area contributed by atoms with Gasteiger partial charge in [0.2, 0.25) is 11.8 Å². The lowest BCUT2D eigenvalue weighted by molar-refractivity contribution is -0.139. The van der Waals surface area contributed by atoms with Gasteiger partial charge in [-0.15, -0.1) is 16.9 Å². The molecule has 1 aromatic rings. The maximum Gasteiger partial charge on any atom is 0.343 e. The maximum atomic E-state index is 12.9. The monoisotopic (exact) mass is 492 g/mol. The molecule has 2 heterocycles. The number of ether oxygens (including phenoxy) is 4. The van der Waals surface area contributed by atoms with Gasteiger partial charge >= 0.3 is 11.9 Å². The third-order valence-corrected chi connectivity index (χ3v) is 6.73. The number of rotatable bonds is 8. The van der Waals surface area contributed by atoms with Gasteiger partial charge in [-0.3, -0.25) is 0 Å². The van der Waals surface area contributed by atoms with E-state index in [1.165, 1.54) is 23.5 Å². The van der Waals surface area contributed by atoms with Crippen LogP contribution in [0.5, 0.6) is 5.75 Å². The molecule has 3 rings (SSSR count). The lowest BCUT2D eigenvalue weighted by atomic mass is 10.2. The van der Waals surface area contributed by atoms with Crippen LogP contribution in [0.2, 0.25) is 0 Å². The number of nitrogens with two attached hydrogens (primary N) is 1. The molecular weight excluding hydrogens is 468 g/mol. The van der Waals surface area contributed by atoms with Crippen molar-refractivity contribution in [3.63, 3.8) is 0 Å². The van der Waals surface area contributed by atoms with Crippen LogP contribution in [0.25, 0.3) is 0 Å². The predicted molar refractivity (Wildman–Crippen MR) is 128 cm³/mol. The maximum absolute atomic E-state index is 12.9. The highest BCUT2D eigenvalue weighted by atomic mass is 32.2. The second kappa shape index (κ2) is 11.1. The molecule has 0 spiro atoms. The summed E-state index contributed by atoms with van der Waals surface area (Å²) in [6.45, 7) is 3.75. The lowest BCUT2D eigenvalue weighted by Gasteiger charge is -2.23. The van der Waals surface area contributed by atoms with Crippen molar-refractivity contribution in [1.29, 1.82) is 0 Å². The Hall–Kier alpha value is -3.12. The van der Waals surface area contributed by atoms with Crippen molar-refractivity contribution in [2.75, 3.05) is 26.6 Å². The molecule has 0 bridgehead atoms. The number of amidine groups is 1. The molecule has 176 valence electrons. The Labute approximate surface area is 199 Å². The Bertz CT molecular complexity index is 1050. The molecule has 0 saturated heterocycles. The molecule has 0 aromatic heterocycles. The Balaban J connectivity index is 1.93. The lowest BCUT2D eigenvalue weighted by Crippen LogP contribution is -2.31. The Morgan fingerprint density at radius 1 is 1.21 bits per heavy atom. The fourth-order valence-corrected chi connectivity index (χ4v) is 4.92. The van der Waals surface area contributed by atoms with Crippen LogP contribution in [-0.4, -0.2) is 55.6 Å². The SMILES string of the molecule is CCOC(=O)C1=C(SC)S[C@H](/C(C(=O)OCC)=C2/NN=C(c3ccc(OC)cc3)O2)N=C1N. The van der Waals surface area contributed by atoms with Crippen molar-refractivity contribution in [1.82, 2.24) is 5.43 Å². The highest BCUT2D eigenvalue weighted by Gasteiger charge is 2.37. The van der Waals surface area contributed by atoms with Crippen molar-refractivity contribution in [2.45, 2.75) is 19.2 Å². The number of nitrogens with zero attached hydrogens (tertiary/aromatic N) is 2. The van der Waals surface area contributed by atoms with Crippen LogP contribution in [0.15, 0.2) is 55.6 Å². The van der Waals surface area contributed by atoms with Crippen molar-refractivity contribution in [2.24, 2.45) is 15.8 Å². The summed E-state index contributed by atoms with van der Waals surface area (Å²) in [4.78, 5) is 29.6. The zero-order valence-corrected chi connectivity index (χ0v) is 20.2. The molecule has 33 heavy (non-hydrogen) atoms. The van der Waals surface area contributed by atoms with Crippen LogP contribution in [-0.2, 0) is 23.8 Å². The number of carbonyl (C=O) groups excluding carboxylic acids is 2. The van der Waals surface area contributed by atoms with E-state index in [1.54, 1.807) is 51.5 Å². The molecule has 10 nitrogen and oxygen atoms in total. The standard InChI is InChI=1S/C21H24N4O6S2/c1-5-29-19(26)13-15(22)23-18(33-21(13)32-4)14(20(27)30-6-2)17-25-24-16(31-17)11-7-9-12(28-3)10-8-11/h7-10,18,25H,5-6H2,1-4H3,(H2,22,23)/b17-14+/t18-/m1/s1. The number of carbonyl (C=O) groups is 2. The van der Waals surface area contributed by atoms with E-state index in [-0.39, 0.29) is 42.0 Å². The third kappa shape index (κ3) is 5.45. The van der Waals surface area contributed by atoms with Crippen LogP contribution in [0.1, 0.15) is 19.4 Å². The fraction of sp³-hybridized carbons (Fsp3) is 0.333. The normalized spacial score (nSPS) is 19.1. The van der Waals surface area contributed by atoms with Gasteiger partial charge < -0.3 is 24.7 Å². The van der Waals surface area contributed by atoms with Crippen LogP contribution < -0.4 is 15.9 Å². The summed E-state index contributed by atoms with van der Waals surface area (Å²) < 4.78 is 21.9. The van der Waals surface area contributed by atoms with Gasteiger partial charge in [0.15, 0.2) is 0 Å². The molecule has 0 amide bonds. The van der Waals surface area contributed by atoms with Crippen molar-refractivity contribution < 1.29 is 28.5 Å². The van der Waals surface area contributed by atoms with E-state index in [2.05, 4.69) is 15.5 Å². The van der Waals surface area contributed by atoms with E-state index in [4.69, 9.17) is 24.7 Å². The predicted octanol–water partition coefficient (Wildman–Crippen LogP) is 2.32. The number of hydrazone groups is 1. The molecule has 3 N–H and O–H groups in total. The summed E-state index contributed by atoms with van der Waals surface area (Å²) in [6, 6.07) is 7.09. The average Bonchev–Trinajstić information content (AvgIpc) is 3.28. The van der Waals surface area contributed by atoms with Gasteiger partial charge in [0.1, 0.15) is 28.1 Å². The molecule has 2 aliphatic heterocycles. The molecule has 0 saturated carbocycles. The summed E-state index contributed by atoms with van der Waals surface area (Å²) in [5.74, 6) is -0.211. The molecule has 1 aromatic carbocycles. The number of esters is 2. The number of nitrogens with one attached hydrogen (secondary N) is 1. The molecule has 1 atom stereocenters. The van der Waals surface area contributed by atoms with Crippen molar-refractivity contribution in [3.8, 4) is 5.75 Å². The summed E-state index contributed by atoms with van der Waals surface area (Å²) in [5.41, 5.74) is 9.80. The van der Waals surface area contributed by atoms with Crippen molar-refractivity contribution >= 4 is 47.2 Å². The number of methoxy groups -OCH3 is 1. The molecular formula is C21H24N4O6S2. The highest BCUT2D eigenvalue weighted by Crippen LogP contribution is 2.41. The minimum absolute atomic E-state index is 0.0294. The van der Waals surface area contributed by atoms with Gasteiger partial charge in [0.05, 0.1) is 24.6 Å². The number of aliphatic imine (C=N–C) groups is 1. The van der Waals surface area contributed by atoms with Gasteiger partial charge in [-0.1, -0.05) is 11.8 Å². The van der Waals surface area contributed by atoms with Gasteiger partial charge in [0.25, 0.3) is 0 Å². The fourth-order valence-electron chi connectivity index (χ4n) is 2.88. The van der Waals surface area contributed by atoms with Gasteiger partial charge in [-0.25, -0.2) is 20.0 Å². The summed E-state index contributed by atoms with van der Waals surface area (Å²) >= 11 is 2.48. The number of hydrogen-bond donors (Lipinski definition) is 2. The molecule has 12 heteroatoms. The van der Waals surface area contributed by atoms with E-state index in [9.17, 15) is 9.59 Å². The van der Waals surface area contributed by atoms with E-state index in [0.717, 1.165) is 0 Å². The van der Waals surface area contributed by atoms with Crippen LogP contribution >= 0.6 is 23.5 Å². The molecule has 0 aliphatic carbocycles. The van der Waals surface area contributed by atoms with Gasteiger partial charge in [0, 0.05) is 5.56 Å². The quantitative estimate of drug-likeness (QED) is 0.411. The second-order valence-electron chi connectivity index (χ2n) is 6.39. The van der Waals surface area contributed by atoms with E-state index in [0.29, 0.717) is 15.6 Å². The number of hydrogen-bond acceptors (Lipinski definition) is 12. The highest BCUT2D eigenvalue weighted by molar-refractivity contribution is 8.22. The van der Waals surface area contributed by atoms with E-state index in [1.807, 2.05) is 0 Å². The van der Waals surface area contributed by atoms with Crippen molar-refractivity contribution in [3.05, 3.63) is 51.1 Å². The van der Waals surface area contributed by atoms with Gasteiger partial charge in [-0.2, -0.15) is 0 Å². The first-order valence-corrected chi connectivity index (χ1v) is 12.1. The Kier molecular flexibility index (Phi) is 8.28. The second-order valence-corrected chi connectivity index (χ2v) is 8.56. The zero-order chi connectivity index (χ0) is 24.0.